The zero-order valence-electron chi connectivity index (χ0n) is 15.0. The highest BCUT2D eigenvalue weighted by Crippen LogP contribution is 2.42. The Kier molecular flexibility index (Phi) is 5.53. The molecule has 1 aliphatic carbocycles. The van der Waals surface area contributed by atoms with E-state index in [4.69, 9.17) is 23.2 Å². The van der Waals surface area contributed by atoms with Crippen LogP contribution < -0.4 is 10.2 Å². The van der Waals surface area contributed by atoms with Crippen molar-refractivity contribution in [3.05, 3.63) is 28.2 Å². The number of thioether (sulfide) groups is 1. The van der Waals surface area contributed by atoms with Gasteiger partial charge in [-0.05, 0) is 50.8 Å². The normalized spacial score (nSPS) is 18.0. The molecule has 2 heterocycles. The summed E-state index contributed by atoms with van der Waals surface area (Å²) in [5.41, 5.74) is 0.589. The second kappa shape index (κ2) is 7.89. The van der Waals surface area contributed by atoms with Crippen molar-refractivity contribution in [3.8, 4) is 0 Å². The first-order valence-corrected chi connectivity index (χ1v) is 10.8. The van der Waals surface area contributed by atoms with E-state index in [1.54, 1.807) is 18.2 Å². The maximum absolute atomic E-state index is 12.6. The molecule has 9 heteroatoms. The Morgan fingerprint density at radius 2 is 1.85 bits per heavy atom. The third kappa shape index (κ3) is 4.36. The molecule has 1 aliphatic heterocycles. The number of benzene rings is 1. The SMILES string of the molecule is CC(Sc1nnc(N2CCCC2)n1C1CC1)C(=O)Nc1cc(Cl)cc(Cl)c1. The van der Waals surface area contributed by atoms with Gasteiger partial charge in [-0.2, -0.15) is 0 Å². The Bertz CT molecular complexity index is 828. The summed E-state index contributed by atoms with van der Waals surface area (Å²) in [6.07, 6.45) is 4.68. The van der Waals surface area contributed by atoms with Crippen LogP contribution in [0.5, 0.6) is 0 Å². The minimum Gasteiger partial charge on any atom is -0.341 e. The number of nitrogens with zero attached hydrogens (tertiary/aromatic N) is 4. The molecule has 27 heavy (non-hydrogen) atoms. The van der Waals surface area contributed by atoms with Crippen LogP contribution in [0.15, 0.2) is 23.4 Å². The van der Waals surface area contributed by atoms with E-state index in [0.717, 1.165) is 37.0 Å². The van der Waals surface area contributed by atoms with Crippen molar-refractivity contribution in [3.63, 3.8) is 0 Å². The van der Waals surface area contributed by atoms with Crippen LogP contribution in [0.1, 0.15) is 38.6 Å². The summed E-state index contributed by atoms with van der Waals surface area (Å²) in [5, 5.41) is 13.2. The number of nitrogens with one attached hydrogen (secondary N) is 1. The van der Waals surface area contributed by atoms with Crippen LogP contribution in [0.25, 0.3) is 0 Å². The molecule has 2 aliphatic rings. The number of hydrogen-bond donors (Lipinski definition) is 1. The summed E-state index contributed by atoms with van der Waals surface area (Å²) in [4.78, 5) is 14.9. The molecule has 1 N–H and O–H groups in total. The van der Waals surface area contributed by atoms with E-state index < -0.39 is 0 Å². The molecule has 1 unspecified atom stereocenters. The van der Waals surface area contributed by atoms with Gasteiger partial charge in [-0.1, -0.05) is 35.0 Å². The summed E-state index contributed by atoms with van der Waals surface area (Å²) < 4.78 is 2.22. The van der Waals surface area contributed by atoms with Gasteiger partial charge in [0.05, 0.1) is 5.25 Å². The van der Waals surface area contributed by atoms with Gasteiger partial charge in [0, 0.05) is 34.9 Å². The number of aromatic nitrogens is 3. The molecule has 6 nitrogen and oxygen atoms in total. The van der Waals surface area contributed by atoms with Crippen molar-refractivity contribution in [1.82, 2.24) is 14.8 Å². The highest BCUT2D eigenvalue weighted by atomic mass is 35.5. The van der Waals surface area contributed by atoms with Gasteiger partial charge in [-0.3, -0.25) is 9.36 Å². The van der Waals surface area contributed by atoms with Crippen LogP contribution in [-0.2, 0) is 4.79 Å². The van der Waals surface area contributed by atoms with Crippen molar-refractivity contribution in [2.45, 2.75) is 49.1 Å². The lowest BCUT2D eigenvalue weighted by atomic mass is 10.3. The molecule has 1 aromatic heterocycles. The molecule has 0 bridgehead atoms. The first-order valence-electron chi connectivity index (χ1n) is 9.15. The minimum atomic E-state index is -0.323. The highest BCUT2D eigenvalue weighted by Gasteiger charge is 2.33. The lowest BCUT2D eigenvalue weighted by Gasteiger charge is -2.18. The molecule has 1 atom stereocenters. The van der Waals surface area contributed by atoms with Gasteiger partial charge in [0.1, 0.15) is 0 Å². The Morgan fingerprint density at radius 3 is 2.48 bits per heavy atom. The third-order valence-corrected chi connectivity index (χ3v) is 6.22. The Balaban J connectivity index is 1.47. The maximum atomic E-state index is 12.6. The van der Waals surface area contributed by atoms with Crippen LogP contribution in [0, 0.1) is 0 Å². The third-order valence-electron chi connectivity index (χ3n) is 4.73. The van der Waals surface area contributed by atoms with E-state index in [1.807, 2.05) is 6.92 Å². The maximum Gasteiger partial charge on any atom is 0.237 e. The van der Waals surface area contributed by atoms with E-state index >= 15 is 0 Å². The van der Waals surface area contributed by atoms with Crippen molar-refractivity contribution in [2.24, 2.45) is 0 Å². The van der Waals surface area contributed by atoms with E-state index in [-0.39, 0.29) is 11.2 Å². The van der Waals surface area contributed by atoms with E-state index in [2.05, 4.69) is 25.0 Å². The fourth-order valence-corrected chi connectivity index (χ4v) is 4.66. The van der Waals surface area contributed by atoms with E-state index in [1.165, 1.54) is 24.6 Å². The Hall–Kier alpha value is -1.44. The number of hydrogen-bond acceptors (Lipinski definition) is 5. The zero-order chi connectivity index (χ0) is 19.0. The predicted octanol–water partition coefficient (Wildman–Crippen LogP) is 4.64. The van der Waals surface area contributed by atoms with Crippen LogP contribution in [0.2, 0.25) is 10.0 Å². The minimum absolute atomic E-state index is 0.119. The standard InChI is InChI=1S/C18H21Cl2N5OS/c1-11(16(26)21-14-9-12(19)8-13(20)10-14)27-18-23-22-17(24-6-2-3-7-24)25(18)15-4-5-15/h8-11,15H,2-7H2,1H3,(H,21,26). The van der Waals surface area contributed by atoms with E-state index in [9.17, 15) is 4.79 Å². The average Bonchev–Trinajstić information content (AvgIpc) is 3.14. The van der Waals surface area contributed by atoms with Crippen LogP contribution in [-0.4, -0.2) is 39.0 Å². The van der Waals surface area contributed by atoms with Crippen LogP contribution in [0.4, 0.5) is 11.6 Å². The molecule has 1 aromatic carbocycles. The monoisotopic (exact) mass is 425 g/mol. The molecule has 1 saturated carbocycles. The molecule has 2 fully saturated rings. The van der Waals surface area contributed by atoms with Crippen molar-refractivity contribution in [1.29, 1.82) is 0 Å². The number of anilines is 2. The first-order chi connectivity index (χ1) is 13.0. The molecular weight excluding hydrogens is 405 g/mol. The predicted molar refractivity (Wildman–Crippen MR) is 110 cm³/mol. The topological polar surface area (TPSA) is 63.1 Å². The van der Waals surface area contributed by atoms with Gasteiger partial charge in [-0.25, -0.2) is 0 Å². The largest absolute Gasteiger partial charge is 0.341 e. The quantitative estimate of drug-likeness (QED) is 0.682. The first kappa shape index (κ1) is 18.9. The van der Waals surface area contributed by atoms with Gasteiger partial charge in [0.25, 0.3) is 0 Å². The van der Waals surface area contributed by atoms with Crippen molar-refractivity contribution < 1.29 is 4.79 Å². The molecule has 1 saturated heterocycles. The Labute approximate surface area is 172 Å². The van der Waals surface area contributed by atoms with Gasteiger partial charge in [0.2, 0.25) is 11.9 Å². The number of halogens is 2. The average molecular weight is 426 g/mol. The summed E-state index contributed by atoms with van der Waals surface area (Å²) in [6.45, 7) is 3.93. The van der Waals surface area contributed by atoms with Gasteiger partial charge >= 0.3 is 0 Å². The molecule has 1 amide bonds. The lowest BCUT2D eigenvalue weighted by Crippen LogP contribution is -2.24. The fourth-order valence-electron chi connectivity index (χ4n) is 3.22. The van der Waals surface area contributed by atoms with E-state index in [0.29, 0.717) is 21.8 Å². The summed E-state index contributed by atoms with van der Waals surface area (Å²) in [6, 6.07) is 5.46. The van der Waals surface area contributed by atoms with Gasteiger partial charge in [0.15, 0.2) is 5.16 Å². The van der Waals surface area contributed by atoms with Crippen molar-refractivity contribution in [2.75, 3.05) is 23.3 Å². The fraction of sp³-hybridized carbons (Fsp3) is 0.500. The summed E-state index contributed by atoms with van der Waals surface area (Å²) >= 11 is 13.4. The lowest BCUT2D eigenvalue weighted by molar-refractivity contribution is -0.115. The number of carbonyl (C=O) groups is 1. The number of carbonyl (C=O) groups excluding carboxylic acids is 1. The molecule has 0 radical (unpaired) electrons. The highest BCUT2D eigenvalue weighted by molar-refractivity contribution is 8.00. The molecular formula is C18H21Cl2N5OS. The molecule has 2 aromatic rings. The number of amides is 1. The number of rotatable bonds is 6. The summed E-state index contributed by atoms with van der Waals surface area (Å²) in [5.74, 6) is 0.832. The molecule has 4 rings (SSSR count). The molecule has 0 spiro atoms. The van der Waals surface area contributed by atoms with Gasteiger partial charge < -0.3 is 10.2 Å². The Morgan fingerprint density at radius 1 is 1.19 bits per heavy atom. The summed E-state index contributed by atoms with van der Waals surface area (Å²) in [7, 11) is 0. The zero-order valence-corrected chi connectivity index (χ0v) is 17.3. The van der Waals surface area contributed by atoms with Crippen LogP contribution in [0.3, 0.4) is 0 Å². The van der Waals surface area contributed by atoms with Gasteiger partial charge in [-0.15, -0.1) is 10.2 Å². The van der Waals surface area contributed by atoms with Crippen LogP contribution >= 0.6 is 35.0 Å². The second-order valence-corrected chi connectivity index (χ2v) is 9.17. The smallest absolute Gasteiger partial charge is 0.237 e. The molecule has 144 valence electrons. The second-order valence-electron chi connectivity index (χ2n) is 6.99. The van der Waals surface area contributed by atoms with Crippen molar-refractivity contribution >= 4 is 52.5 Å².